The number of nitrogens with one attached hydrogen (secondary N) is 1. The number of hydrogen-bond donors (Lipinski definition) is 3. The molecule has 1 aliphatic carbocycles. The van der Waals surface area contributed by atoms with Crippen LogP contribution in [0.4, 0.5) is 5.82 Å². The van der Waals surface area contributed by atoms with E-state index in [9.17, 15) is 9.90 Å². The van der Waals surface area contributed by atoms with E-state index in [4.69, 9.17) is 5.73 Å². The number of anilines is 1. The predicted octanol–water partition coefficient (Wildman–Crippen LogP) is 1.05. The van der Waals surface area contributed by atoms with Crippen LogP contribution in [0.1, 0.15) is 28.8 Å². The van der Waals surface area contributed by atoms with E-state index in [1.807, 2.05) is 24.3 Å². The molecule has 3 rings (SSSR count). The fraction of sp³-hybridized carbons (Fsp3) is 0.375. The molecule has 1 aromatic heterocycles. The van der Waals surface area contributed by atoms with Gasteiger partial charge in [-0.05, 0) is 18.4 Å². The number of aliphatic hydroxyl groups excluding tert-OH is 1. The molecular weight excluding hydrogens is 280 g/mol. The lowest BCUT2D eigenvalue weighted by molar-refractivity contribution is 0.0964. The summed E-state index contributed by atoms with van der Waals surface area (Å²) in [7, 11) is 3.28. The van der Waals surface area contributed by atoms with Crippen LogP contribution in [-0.4, -0.2) is 34.4 Å². The lowest BCUT2D eigenvalue weighted by atomic mass is 9.95. The highest BCUT2D eigenvalue weighted by atomic mass is 16.3. The maximum Gasteiger partial charge on any atom is 0.257 e. The van der Waals surface area contributed by atoms with Gasteiger partial charge in [-0.1, -0.05) is 24.3 Å². The van der Waals surface area contributed by atoms with E-state index in [2.05, 4.69) is 10.4 Å². The van der Waals surface area contributed by atoms with Crippen molar-refractivity contribution in [1.29, 1.82) is 0 Å². The minimum Gasteiger partial charge on any atom is -0.395 e. The van der Waals surface area contributed by atoms with Crippen LogP contribution >= 0.6 is 0 Å². The second-order valence-electron chi connectivity index (χ2n) is 5.83. The first-order valence-corrected chi connectivity index (χ1v) is 7.29. The fourth-order valence-electron chi connectivity index (χ4n) is 2.76. The normalized spacial score (nSPS) is 15.6. The Kier molecular flexibility index (Phi) is 3.41. The Bertz CT molecular complexity index is 714. The summed E-state index contributed by atoms with van der Waals surface area (Å²) in [6, 6.07) is 7.85. The highest BCUT2D eigenvalue weighted by Gasteiger charge is 2.43. The van der Waals surface area contributed by atoms with Gasteiger partial charge in [0.05, 0.1) is 6.61 Å². The number of aryl methyl sites for hydroxylation is 1. The molecule has 1 aromatic carbocycles. The van der Waals surface area contributed by atoms with Crippen LogP contribution in [0.15, 0.2) is 24.3 Å². The van der Waals surface area contributed by atoms with Crippen LogP contribution in [0.3, 0.4) is 0 Å². The van der Waals surface area contributed by atoms with Crippen LogP contribution in [0.2, 0.25) is 0 Å². The summed E-state index contributed by atoms with van der Waals surface area (Å²) in [5.41, 5.74) is 8.81. The summed E-state index contributed by atoms with van der Waals surface area (Å²) in [4.78, 5) is 12.0. The molecular formula is C16H20N4O2. The number of benzene rings is 1. The first-order chi connectivity index (χ1) is 10.5. The van der Waals surface area contributed by atoms with Crippen molar-refractivity contribution in [2.45, 2.75) is 18.3 Å². The maximum absolute atomic E-state index is 12.0. The molecule has 116 valence electrons. The molecule has 1 fully saturated rings. The predicted molar refractivity (Wildman–Crippen MR) is 84.4 cm³/mol. The number of amides is 1. The lowest BCUT2D eigenvalue weighted by Gasteiger charge is -2.12. The molecule has 0 atom stereocenters. The zero-order valence-corrected chi connectivity index (χ0v) is 12.8. The Hall–Kier alpha value is -2.34. The van der Waals surface area contributed by atoms with Crippen molar-refractivity contribution in [3.8, 4) is 11.3 Å². The van der Waals surface area contributed by atoms with Gasteiger partial charge in [-0.25, -0.2) is 0 Å². The molecule has 0 aliphatic heterocycles. The summed E-state index contributed by atoms with van der Waals surface area (Å²) in [5, 5.41) is 16.5. The molecule has 1 amide bonds. The highest BCUT2D eigenvalue weighted by molar-refractivity contribution is 6.04. The van der Waals surface area contributed by atoms with Gasteiger partial charge in [0.25, 0.3) is 5.91 Å². The van der Waals surface area contributed by atoms with Crippen LogP contribution in [0.25, 0.3) is 11.3 Å². The number of nitrogens with two attached hydrogens (primary N) is 1. The van der Waals surface area contributed by atoms with E-state index in [1.165, 1.54) is 4.68 Å². The SMILES string of the molecule is CNC(=O)c1c(-c2ccc(C3(CO)CC3)cc2)nn(C)c1N. The third-order valence-corrected chi connectivity index (χ3v) is 4.47. The fourth-order valence-corrected chi connectivity index (χ4v) is 2.76. The molecule has 6 nitrogen and oxygen atoms in total. The number of nitrogens with zero attached hydrogens (tertiary/aromatic N) is 2. The van der Waals surface area contributed by atoms with E-state index in [0.29, 0.717) is 17.1 Å². The van der Waals surface area contributed by atoms with Crippen molar-refractivity contribution in [2.75, 3.05) is 19.4 Å². The molecule has 0 spiro atoms. The quantitative estimate of drug-likeness (QED) is 0.787. The smallest absolute Gasteiger partial charge is 0.257 e. The molecule has 4 N–H and O–H groups in total. The van der Waals surface area contributed by atoms with Crippen molar-refractivity contribution in [2.24, 2.45) is 7.05 Å². The van der Waals surface area contributed by atoms with Crippen LogP contribution in [-0.2, 0) is 12.5 Å². The summed E-state index contributed by atoms with van der Waals surface area (Å²) in [6.07, 6.45) is 2.03. The standard InChI is InChI=1S/C16H20N4O2/c1-18-15(22)12-13(19-20(2)14(12)17)10-3-5-11(6-4-10)16(9-21)7-8-16/h3-6,21H,7-9,17H2,1-2H3,(H,18,22). The maximum atomic E-state index is 12.0. The van der Waals surface area contributed by atoms with Crippen LogP contribution in [0, 0.1) is 0 Å². The largest absolute Gasteiger partial charge is 0.395 e. The number of rotatable bonds is 4. The van der Waals surface area contributed by atoms with Gasteiger partial charge >= 0.3 is 0 Å². The van der Waals surface area contributed by atoms with Crippen LogP contribution < -0.4 is 11.1 Å². The van der Waals surface area contributed by atoms with Crippen molar-refractivity contribution in [3.05, 3.63) is 35.4 Å². The van der Waals surface area contributed by atoms with Gasteiger partial charge in [0.15, 0.2) is 0 Å². The third-order valence-electron chi connectivity index (χ3n) is 4.47. The van der Waals surface area contributed by atoms with Crippen molar-refractivity contribution < 1.29 is 9.90 Å². The Morgan fingerprint density at radius 2 is 2.05 bits per heavy atom. The third kappa shape index (κ3) is 2.16. The molecule has 1 aliphatic rings. The van der Waals surface area contributed by atoms with Gasteiger partial charge in [-0.15, -0.1) is 0 Å². The number of nitrogen functional groups attached to an aromatic ring is 1. The molecule has 0 saturated heterocycles. The molecule has 1 heterocycles. The van der Waals surface area contributed by atoms with Gasteiger partial charge < -0.3 is 16.2 Å². The summed E-state index contributed by atoms with van der Waals surface area (Å²) >= 11 is 0. The molecule has 22 heavy (non-hydrogen) atoms. The van der Waals surface area contributed by atoms with Gasteiger partial charge in [-0.2, -0.15) is 5.10 Å². The van der Waals surface area contributed by atoms with Gasteiger partial charge in [0.1, 0.15) is 17.1 Å². The van der Waals surface area contributed by atoms with E-state index in [0.717, 1.165) is 24.0 Å². The van der Waals surface area contributed by atoms with Gasteiger partial charge in [-0.3, -0.25) is 9.48 Å². The summed E-state index contributed by atoms with van der Waals surface area (Å²) in [6.45, 7) is 0.173. The Morgan fingerprint density at radius 3 is 2.55 bits per heavy atom. The zero-order chi connectivity index (χ0) is 15.9. The monoisotopic (exact) mass is 300 g/mol. The van der Waals surface area contributed by atoms with Crippen LogP contribution in [0.5, 0.6) is 0 Å². The van der Waals surface area contributed by atoms with Crippen molar-refractivity contribution >= 4 is 11.7 Å². The van der Waals surface area contributed by atoms with Crippen molar-refractivity contribution in [1.82, 2.24) is 15.1 Å². The van der Waals surface area contributed by atoms with E-state index in [1.54, 1.807) is 14.1 Å². The number of carbonyl (C=O) groups excluding carboxylic acids is 1. The van der Waals surface area contributed by atoms with E-state index in [-0.39, 0.29) is 17.9 Å². The summed E-state index contributed by atoms with van der Waals surface area (Å²) in [5.74, 6) is 0.0890. The average Bonchev–Trinajstić information content (AvgIpc) is 3.29. The van der Waals surface area contributed by atoms with Gasteiger partial charge in [0.2, 0.25) is 0 Å². The Balaban J connectivity index is 2.01. The molecule has 6 heteroatoms. The number of aromatic nitrogens is 2. The minimum atomic E-state index is -0.251. The number of carbonyl (C=O) groups is 1. The van der Waals surface area contributed by atoms with E-state index < -0.39 is 0 Å². The zero-order valence-electron chi connectivity index (χ0n) is 12.8. The highest BCUT2D eigenvalue weighted by Crippen LogP contribution is 2.47. The van der Waals surface area contributed by atoms with Gasteiger partial charge in [0, 0.05) is 25.1 Å². The second kappa shape index (κ2) is 5.14. The second-order valence-corrected chi connectivity index (χ2v) is 5.83. The number of hydrogen-bond acceptors (Lipinski definition) is 4. The lowest BCUT2D eigenvalue weighted by Crippen LogP contribution is -2.19. The Morgan fingerprint density at radius 1 is 1.41 bits per heavy atom. The van der Waals surface area contributed by atoms with E-state index >= 15 is 0 Å². The first-order valence-electron chi connectivity index (χ1n) is 7.29. The molecule has 0 bridgehead atoms. The number of aliphatic hydroxyl groups is 1. The molecule has 2 aromatic rings. The molecule has 0 unspecified atom stereocenters. The molecule has 0 radical (unpaired) electrons. The average molecular weight is 300 g/mol. The van der Waals surface area contributed by atoms with Crippen molar-refractivity contribution in [3.63, 3.8) is 0 Å². The topological polar surface area (TPSA) is 93.2 Å². The minimum absolute atomic E-state index is 0.0642. The first kappa shape index (κ1) is 14.6. The summed E-state index contributed by atoms with van der Waals surface area (Å²) < 4.78 is 1.50. The Labute approximate surface area is 128 Å². The molecule has 1 saturated carbocycles.